The van der Waals surface area contributed by atoms with Crippen LogP contribution in [0.4, 0.5) is 4.79 Å². The number of esters is 1. The molecule has 0 heterocycles. The quantitative estimate of drug-likeness (QED) is 0.185. The first-order valence-electron chi connectivity index (χ1n) is 13.5. The maximum absolute atomic E-state index is 13.2. The van der Waals surface area contributed by atoms with Crippen LogP contribution in [0.3, 0.4) is 0 Å². The lowest BCUT2D eigenvalue weighted by Gasteiger charge is -2.28. The molecular weight excluding hydrogens is 526 g/mol. The fourth-order valence-electron chi connectivity index (χ4n) is 4.32. The van der Waals surface area contributed by atoms with Crippen LogP contribution in [-0.4, -0.2) is 77.4 Å². The van der Waals surface area contributed by atoms with Crippen LogP contribution in [-0.2, 0) is 25.5 Å². The summed E-state index contributed by atoms with van der Waals surface area (Å²) in [5.74, 6) is -2.44. The fraction of sp³-hybridized carbons (Fsp3) is 0.355. The Labute approximate surface area is 239 Å². The first kappa shape index (κ1) is 31.1. The minimum Gasteiger partial charge on any atom is -0.479 e. The van der Waals surface area contributed by atoms with Crippen LogP contribution in [0.15, 0.2) is 66.7 Å². The molecule has 0 fully saturated rings. The molecule has 1 unspecified atom stereocenters. The van der Waals surface area contributed by atoms with E-state index in [0.29, 0.717) is 0 Å². The lowest BCUT2D eigenvalue weighted by atomic mass is 9.98. The van der Waals surface area contributed by atoms with Crippen LogP contribution in [0.2, 0.25) is 0 Å². The van der Waals surface area contributed by atoms with Crippen molar-refractivity contribution in [2.75, 3.05) is 26.2 Å². The van der Waals surface area contributed by atoms with Crippen LogP contribution in [0.1, 0.15) is 26.3 Å². The molecule has 218 valence electrons. The van der Waals surface area contributed by atoms with Crippen LogP contribution in [0, 0.1) is 5.92 Å². The second-order valence-electron chi connectivity index (χ2n) is 10.3. The zero-order valence-corrected chi connectivity index (χ0v) is 23.5. The molecule has 0 saturated carbocycles. The standard InChI is InChI=1S/C31H37N3O7/c1-20(2)18-34(19-28(36)29(37)38)31(40)33-27(30(39)41-15-14-32-21(3)35)16-22-8-10-24(11-9-22)26-13-12-23-6-4-5-7-25(23)17-26/h4-13,17,20,27-28,36H,14-16,18-19H2,1-3H3,(H,32,35)(H,33,40)(H,37,38)/t27-,28?/m0/s1. The Morgan fingerprint density at radius 2 is 1.56 bits per heavy atom. The number of benzene rings is 3. The van der Waals surface area contributed by atoms with Crippen molar-refractivity contribution in [2.24, 2.45) is 5.92 Å². The molecular formula is C31H37N3O7. The summed E-state index contributed by atoms with van der Waals surface area (Å²) in [5, 5.41) is 26.4. The van der Waals surface area contributed by atoms with Crippen LogP contribution < -0.4 is 10.6 Å². The van der Waals surface area contributed by atoms with Gasteiger partial charge in [-0.3, -0.25) is 4.79 Å². The smallest absolute Gasteiger partial charge is 0.334 e. The molecule has 3 aromatic rings. The van der Waals surface area contributed by atoms with Gasteiger partial charge in [-0.15, -0.1) is 0 Å². The third-order valence-corrected chi connectivity index (χ3v) is 6.33. The van der Waals surface area contributed by atoms with Crippen molar-refractivity contribution >= 4 is 34.6 Å². The largest absolute Gasteiger partial charge is 0.479 e. The molecule has 0 radical (unpaired) electrons. The molecule has 0 spiro atoms. The average Bonchev–Trinajstić information content (AvgIpc) is 2.94. The van der Waals surface area contributed by atoms with E-state index in [1.54, 1.807) is 0 Å². The lowest BCUT2D eigenvalue weighted by Crippen LogP contribution is -2.52. The molecule has 3 rings (SSSR count). The van der Waals surface area contributed by atoms with Gasteiger partial charge in [0.2, 0.25) is 5.91 Å². The summed E-state index contributed by atoms with van der Waals surface area (Å²) in [4.78, 5) is 49.6. The molecule has 3 amide bonds. The zero-order valence-electron chi connectivity index (χ0n) is 23.5. The first-order valence-corrected chi connectivity index (χ1v) is 13.5. The molecule has 0 aliphatic heterocycles. The number of ether oxygens (including phenoxy) is 1. The van der Waals surface area contributed by atoms with Crippen LogP contribution in [0.5, 0.6) is 0 Å². The number of nitrogens with one attached hydrogen (secondary N) is 2. The molecule has 10 nitrogen and oxygen atoms in total. The number of carboxylic acids is 1. The third-order valence-electron chi connectivity index (χ3n) is 6.33. The highest BCUT2D eigenvalue weighted by atomic mass is 16.5. The normalized spacial score (nSPS) is 12.4. The van der Waals surface area contributed by atoms with E-state index in [2.05, 4.69) is 34.9 Å². The van der Waals surface area contributed by atoms with Crippen molar-refractivity contribution in [1.29, 1.82) is 0 Å². The summed E-state index contributed by atoms with van der Waals surface area (Å²) >= 11 is 0. The summed E-state index contributed by atoms with van der Waals surface area (Å²) in [7, 11) is 0. The summed E-state index contributed by atoms with van der Waals surface area (Å²) in [6, 6.07) is 20.1. The summed E-state index contributed by atoms with van der Waals surface area (Å²) in [6.45, 7) is 4.80. The van der Waals surface area contributed by atoms with Gasteiger partial charge in [-0.1, -0.05) is 74.5 Å². The van der Waals surface area contributed by atoms with Gasteiger partial charge in [-0.05, 0) is 39.4 Å². The Hall–Kier alpha value is -4.44. The number of fused-ring (bicyclic) bond motifs is 1. The van der Waals surface area contributed by atoms with Crippen molar-refractivity contribution in [3.63, 3.8) is 0 Å². The molecule has 0 bridgehead atoms. The van der Waals surface area contributed by atoms with Gasteiger partial charge in [0.1, 0.15) is 12.6 Å². The van der Waals surface area contributed by atoms with E-state index in [-0.39, 0.29) is 37.9 Å². The van der Waals surface area contributed by atoms with Crippen molar-refractivity contribution in [3.8, 4) is 11.1 Å². The first-order chi connectivity index (χ1) is 19.5. The summed E-state index contributed by atoms with van der Waals surface area (Å²) in [6.07, 6.45) is -1.66. The van der Waals surface area contributed by atoms with Gasteiger partial charge >= 0.3 is 18.0 Å². The molecule has 41 heavy (non-hydrogen) atoms. The van der Waals surface area contributed by atoms with E-state index in [1.165, 1.54) is 11.8 Å². The monoisotopic (exact) mass is 563 g/mol. The number of hydrogen-bond donors (Lipinski definition) is 4. The number of aliphatic carboxylic acids is 1. The number of carboxylic acid groups (broad SMARTS) is 1. The number of carbonyl (C=O) groups is 4. The predicted octanol–water partition coefficient (Wildman–Crippen LogP) is 3.21. The van der Waals surface area contributed by atoms with Gasteiger partial charge in [0, 0.05) is 19.9 Å². The van der Waals surface area contributed by atoms with Crippen LogP contribution in [0.25, 0.3) is 21.9 Å². The van der Waals surface area contributed by atoms with Gasteiger partial charge in [-0.2, -0.15) is 0 Å². The van der Waals surface area contributed by atoms with Crippen molar-refractivity contribution in [1.82, 2.24) is 15.5 Å². The third kappa shape index (κ3) is 9.61. The SMILES string of the molecule is CC(=O)NCCOC(=O)[C@H](Cc1ccc(-c2ccc3ccccc3c2)cc1)NC(=O)N(CC(C)C)CC(O)C(=O)O. The van der Waals surface area contributed by atoms with E-state index in [9.17, 15) is 24.3 Å². The summed E-state index contributed by atoms with van der Waals surface area (Å²) in [5.41, 5.74) is 2.79. The lowest BCUT2D eigenvalue weighted by molar-refractivity contribution is -0.148. The highest BCUT2D eigenvalue weighted by Gasteiger charge is 2.28. The van der Waals surface area contributed by atoms with Crippen molar-refractivity contribution < 1.29 is 34.1 Å². The molecule has 2 atom stereocenters. The van der Waals surface area contributed by atoms with Gasteiger partial charge in [0.15, 0.2) is 6.10 Å². The van der Waals surface area contributed by atoms with Gasteiger partial charge < -0.3 is 30.5 Å². The number of urea groups is 1. The highest BCUT2D eigenvalue weighted by Crippen LogP contribution is 2.25. The number of aliphatic hydroxyl groups is 1. The number of rotatable bonds is 13. The number of hydrogen-bond acceptors (Lipinski definition) is 6. The number of carbonyl (C=O) groups excluding carboxylic acids is 3. The highest BCUT2D eigenvalue weighted by molar-refractivity contribution is 5.87. The van der Waals surface area contributed by atoms with E-state index in [1.807, 2.05) is 56.3 Å². The Morgan fingerprint density at radius 3 is 2.20 bits per heavy atom. The van der Waals surface area contributed by atoms with E-state index >= 15 is 0 Å². The minimum atomic E-state index is -1.77. The predicted molar refractivity (Wildman–Crippen MR) is 155 cm³/mol. The Balaban J connectivity index is 1.77. The topological polar surface area (TPSA) is 145 Å². The van der Waals surface area contributed by atoms with Gasteiger partial charge in [-0.25, -0.2) is 14.4 Å². The summed E-state index contributed by atoms with van der Waals surface area (Å²) < 4.78 is 5.31. The second kappa shape index (κ2) is 14.8. The maximum Gasteiger partial charge on any atom is 0.334 e. The van der Waals surface area contributed by atoms with Crippen molar-refractivity contribution in [3.05, 3.63) is 72.3 Å². The molecule has 0 aliphatic rings. The minimum absolute atomic E-state index is 0.0209. The fourth-order valence-corrected chi connectivity index (χ4v) is 4.32. The second-order valence-corrected chi connectivity index (χ2v) is 10.3. The van der Waals surface area contributed by atoms with Gasteiger partial charge in [0.05, 0.1) is 13.1 Å². The van der Waals surface area contributed by atoms with E-state index < -0.39 is 36.7 Å². The Bertz CT molecular complexity index is 1360. The number of nitrogens with zero attached hydrogens (tertiary/aromatic N) is 1. The number of amides is 3. The molecule has 0 aromatic heterocycles. The van der Waals surface area contributed by atoms with Crippen molar-refractivity contribution in [2.45, 2.75) is 39.3 Å². The van der Waals surface area contributed by atoms with E-state index in [4.69, 9.17) is 9.84 Å². The average molecular weight is 564 g/mol. The van der Waals surface area contributed by atoms with Crippen LogP contribution >= 0.6 is 0 Å². The van der Waals surface area contributed by atoms with E-state index in [0.717, 1.165) is 27.5 Å². The molecule has 3 aromatic carbocycles. The Morgan fingerprint density at radius 1 is 0.902 bits per heavy atom. The number of aliphatic hydroxyl groups excluding tert-OH is 1. The Kier molecular flexibility index (Phi) is 11.2. The molecule has 0 saturated heterocycles. The molecule has 10 heteroatoms. The molecule has 0 aliphatic carbocycles. The maximum atomic E-state index is 13.2. The molecule has 4 N–H and O–H groups in total. The zero-order chi connectivity index (χ0) is 29.9. The van der Waals surface area contributed by atoms with Gasteiger partial charge in [0.25, 0.3) is 0 Å².